The van der Waals surface area contributed by atoms with Crippen molar-refractivity contribution in [3.63, 3.8) is 0 Å². The van der Waals surface area contributed by atoms with Crippen LogP contribution in [-0.2, 0) is 9.53 Å². The standard InChI is InChI=1S/C18H26N2O2/c1-4-12(2)20-9-15-13-7-5-6-8-14(13)18(16(15)10-20)19-17(21)11-22-3/h5-8,12,15-16,18H,4,9-11H2,1-3H3,(H,19,21)/t12-,15+,16+,18-/m1/s1. The van der Waals surface area contributed by atoms with Crippen molar-refractivity contribution >= 4 is 5.91 Å². The average Bonchev–Trinajstić information content (AvgIpc) is 3.07. The predicted octanol–water partition coefficient (Wildman–Crippen LogP) is 2.32. The molecule has 0 radical (unpaired) electrons. The minimum atomic E-state index is -0.0232. The van der Waals surface area contributed by atoms with Gasteiger partial charge in [-0.2, -0.15) is 0 Å². The molecule has 4 nitrogen and oxygen atoms in total. The van der Waals surface area contributed by atoms with Gasteiger partial charge in [0.2, 0.25) is 5.91 Å². The minimum Gasteiger partial charge on any atom is -0.375 e. The molecule has 1 aromatic rings. The monoisotopic (exact) mass is 302 g/mol. The van der Waals surface area contributed by atoms with E-state index < -0.39 is 0 Å². The van der Waals surface area contributed by atoms with Gasteiger partial charge in [0.1, 0.15) is 6.61 Å². The Kier molecular flexibility index (Phi) is 4.50. The van der Waals surface area contributed by atoms with Crippen molar-refractivity contribution < 1.29 is 9.53 Å². The molecule has 1 aliphatic heterocycles. The number of hydrogen-bond donors (Lipinski definition) is 1. The Bertz CT molecular complexity index is 546. The van der Waals surface area contributed by atoms with Crippen molar-refractivity contribution in [3.05, 3.63) is 35.4 Å². The molecule has 0 bridgehead atoms. The normalized spacial score (nSPS) is 28.2. The maximum Gasteiger partial charge on any atom is 0.246 e. The zero-order valence-corrected chi connectivity index (χ0v) is 13.7. The van der Waals surface area contributed by atoms with Crippen molar-refractivity contribution in [2.75, 3.05) is 26.8 Å². The first-order chi connectivity index (χ1) is 10.7. The van der Waals surface area contributed by atoms with Crippen LogP contribution >= 0.6 is 0 Å². The van der Waals surface area contributed by atoms with Crippen LogP contribution in [0.5, 0.6) is 0 Å². The molecular weight excluding hydrogens is 276 g/mol. The number of hydrogen-bond acceptors (Lipinski definition) is 3. The second kappa shape index (κ2) is 6.39. The number of carbonyl (C=O) groups excluding carboxylic acids is 1. The molecule has 0 unspecified atom stereocenters. The molecule has 120 valence electrons. The van der Waals surface area contributed by atoms with Gasteiger partial charge in [-0.1, -0.05) is 31.2 Å². The lowest BCUT2D eigenvalue weighted by Gasteiger charge is -2.26. The summed E-state index contributed by atoms with van der Waals surface area (Å²) in [5.74, 6) is 0.996. The van der Waals surface area contributed by atoms with E-state index in [1.165, 1.54) is 17.5 Å². The van der Waals surface area contributed by atoms with Gasteiger partial charge in [0, 0.05) is 38.1 Å². The van der Waals surface area contributed by atoms with Crippen molar-refractivity contribution in [1.82, 2.24) is 10.2 Å². The Hall–Kier alpha value is -1.39. The molecule has 1 aromatic carbocycles. The molecule has 3 rings (SSSR count). The van der Waals surface area contributed by atoms with Crippen molar-refractivity contribution in [1.29, 1.82) is 0 Å². The summed E-state index contributed by atoms with van der Waals surface area (Å²) < 4.78 is 4.97. The second-order valence-corrected chi connectivity index (χ2v) is 6.59. The Morgan fingerprint density at radius 3 is 2.77 bits per heavy atom. The van der Waals surface area contributed by atoms with Crippen LogP contribution in [0, 0.1) is 5.92 Å². The van der Waals surface area contributed by atoms with E-state index in [1.807, 2.05) is 0 Å². The van der Waals surface area contributed by atoms with E-state index in [4.69, 9.17) is 4.74 Å². The van der Waals surface area contributed by atoms with Gasteiger partial charge in [-0.15, -0.1) is 0 Å². The van der Waals surface area contributed by atoms with Crippen LogP contribution < -0.4 is 5.32 Å². The van der Waals surface area contributed by atoms with Crippen LogP contribution in [0.2, 0.25) is 0 Å². The van der Waals surface area contributed by atoms with Crippen LogP contribution in [0.4, 0.5) is 0 Å². The number of rotatable bonds is 5. The average molecular weight is 302 g/mol. The number of methoxy groups -OCH3 is 1. The first kappa shape index (κ1) is 15.5. The Labute approximate surface area is 132 Å². The summed E-state index contributed by atoms with van der Waals surface area (Å²) in [6.45, 7) is 6.83. The van der Waals surface area contributed by atoms with E-state index in [2.05, 4.69) is 48.3 Å². The minimum absolute atomic E-state index is 0.0232. The summed E-state index contributed by atoms with van der Waals surface area (Å²) in [5.41, 5.74) is 2.71. The van der Waals surface area contributed by atoms with Gasteiger partial charge in [0.25, 0.3) is 0 Å². The number of carbonyl (C=O) groups is 1. The van der Waals surface area contributed by atoms with Crippen molar-refractivity contribution in [3.8, 4) is 0 Å². The quantitative estimate of drug-likeness (QED) is 0.907. The van der Waals surface area contributed by atoms with E-state index in [9.17, 15) is 4.79 Å². The SMILES string of the molecule is CC[C@@H](C)N1C[C@@H]2[C@H](NC(=O)COC)c3ccccc3[C@@H]2C1. The zero-order chi connectivity index (χ0) is 15.7. The van der Waals surface area contributed by atoms with Crippen LogP contribution in [-0.4, -0.2) is 43.7 Å². The summed E-state index contributed by atoms with van der Waals surface area (Å²) in [6, 6.07) is 9.31. The molecule has 1 N–H and O–H groups in total. The molecule has 0 spiro atoms. The molecule has 4 heteroatoms. The third kappa shape index (κ3) is 2.66. The number of amides is 1. The molecule has 2 aliphatic rings. The molecule has 1 saturated heterocycles. The Morgan fingerprint density at radius 2 is 2.09 bits per heavy atom. The van der Waals surface area contributed by atoms with Gasteiger partial charge >= 0.3 is 0 Å². The largest absolute Gasteiger partial charge is 0.375 e. The number of likely N-dealkylation sites (tertiary alicyclic amines) is 1. The fraction of sp³-hybridized carbons (Fsp3) is 0.611. The highest BCUT2D eigenvalue weighted by molar-refractivity contribution is 5.78. The highest BCUT2D eigenvalue weighted by Crippen LogP contribution is 2.49. The van der Waals surface area contributed by atoms with Gasteiger partial charge in [-0.3, -0.25) is 9.69 Å². The second-order valence-electron chi connectivity index (χ2n) is 6.59. The van der Waals surface area contributed by atoms with E-state index in [1.54, 1.807) is 7.11 Å². The number of nitrogens with zero attached hydrogens (tertiary/aromatic N) is 1. The Balaban J connectivity index is 1.84. The van der Waals surface area contributed by atoms with Crippen LogP contribution in [0.25, 0.3) is 0 Å². The highest BCUT2D eigenvalue weighted by atomic mass is 16.5. The molecule has 1 aliphatic carbocycles. The van der Waals surface area contributed by atoms with Gasteiger partial charge < -0.3 is 10.1 Å². The molecule has 0 aromatic heterocycles. The fourth-order valence-corrected chi connectivity index (χ4v) is 4.04. The lowest BCUT2D eigenvalue weighted by atomic mass is 9.94. The van der Waals surface area contributed by atoms with Crippen LogP contribution in [0.3, 0.4) is 0 Å². The van der Waals surface area contributed by atoms with E-state index in [0.717, 1.165) is 13.1 Å². The van der Waals surface area contributed by atoms with Gasteiger partial charge in [0.15, 0.2) is 0 Å². The first-order valence-corrected chi connectivity index (χ1v) is 8.26. The summed E-state index contributed by atoms with van der Waals surface area (Å²) in [4.78, 5) is 14.6. The van der Waals surface area contributed by atoms with E-state index >= 15 is 0 Å². The Morgan fingerprint density at radius 1 is 1.36 bits per heavy atom. The predicted molar refractivity (Wildman–Crippen MR) is 86.8 cm³/mol. The molecule has 0 saturated carbocycles. The summed E-state index contributed by atoms with van der Waals surface area (Å²) >= 11 is 0. The first-order valence-electron chi connectivity index (χ1n) is 8.26. The summed E-state index contributed by atoms with van der Waals surface area (Å²) in [7, 11) is 1.56. The lowest BCUT2D eigenvalue weighted by Crippen LogP contribution is -2.37. The summed E-state index contributed by atoms with van der Waals surface area (Å²) in [6.07, 6.45) is 1.17. The molecule has 1 fully saturated rings. The van der Waals surface area contributed by atoms with Gasteiger partial charge in [0.05, 0.1) is 6.04 Å². The number of fused-ring (bicyclic) bond motifs is 3. The third-order valence-corrected chi connectivity index (χ3v) is 5.36. The maximum atomic E-state index is 12.0. The number of benzene rings is 1. The van der Waals surface area contributed by atoms with Crippen molar-refractivity contribution in [2.24, 2.45) is 5.92 Å². The summed E-state index contributed by atoms with van der Waals surface area (Å²) in [5, 5.41) is 3.19. The highest BCUT2D eigenvalue weighted by Gasteiger charge is 2.47. The zero-order valence-electron chi connectivity index (χ0n) is 13.7. The van der Waals surface area contributed by atoms with E-state index in [0.29, 0.717) is 17.9 Å². The van der Waals surface area contributed by atoms with E-state index in [-0.39, 0.29) is 18.6 Å². The maximum absolute atomic E-state index is 12.0. The number of nitrogens with one attached hydrogen (secondary N) is 1. The molecule has 4 atom stereocenters. The third-order valence-electron chi connectivity index (χ3n) is 5.36. The molecular formula is C18H26N2O2. The van der Waals surface area contributed by atoms with Crippen molar-refractivity contribution in [2.45, 2.75) is 38.3 Å². The smallest absolute Gasteiger partial charge is 0.246 e. The topological polar surface area (TPSA) is 41.6 Å². The molecule has 22 heavy (non-hydrogen) atoms. The number of ether oxygens (including phenoxy) is 1. The van der Waals surface area contributed by atoms with Gasteiger partial charge in [-0.05, 0) is 24.5 Å². The molecule has 1 heterocycles. The van der Waals surface area contributed by atoms with Crippen LogP contribution in [0.1, 0.15) is 43.4 Å². The fourth-order valence-electron chi connectivity index (χ4n) is 4.04. The molecule has 1 amide bonds. The van der Waals surface area contributed by atoms with Crippen LogP contribution in [0.15, 0.2) is 24.3 Å². The lowest BCUT2D eigenvalue weighted by molar-refractivity contribution is -0.125. The van der Waals surface area contributed by atoms with Gasteiger partial charge in [-0.25, -0.2) is 0 Å².